The highest BCUT2D eigenvalue weighted by Gasteiger charge is 2.12. The topological polar surface area (TPSA) is 63.9 Å². The molecule has 2 rings (SSSR count). The molecule has 0 radical (unpaired) electrons. The number of nitrogens with one attached hydrogen (secondary N) is 1. The molecule has 0 amide bonds. The molecule has 0 aliphatic rings. The standard InChI is InChI=1S/C12H14ClN3O/c1-7-12(10(6-14)16-15-7)8-3-4-11(17-2)9(13)5-8/h3-5H,6,14H2,1-2H3,(H,15,16). The summed E-state index contributed by atoms with van der Waals surface area (Å²) in [5.74, 6) is 0.658. The van der Waals surface area contributed by atoms with Gasteiger partial charge in [-0.3, -0.25) is 5.10 Å². The molecule has 0 aliphatic carbocycles. The molecule has 0 atom stereocenters. The molecule has 3 N–H and O–H groups in total. The van der Waals surface area contributed by atoms with Crippen molar-refractivity contribution in [2.45, 2.75) is 13.5 Å². The van der Waals surface area contributed by atoms with E-state index in [9.17, 15) is 0 Å². The molecule has 1 aromatic heterocycles. The van der Waals surface area contributed by atoms with Crippen molar-refractivity contribution in [2.24, 2.45) is 5.73 Å². The molecule has 0 saturated carbocycles. The van der Waals surface area contributed by atoms with E-state index < -0.39 is 0 Å². The van der Waals surface area contributed by atoms with Gasteiger partial charge in [-0.2, -0.15) is 5.10 Å². The molecule has 0 spiro atoms. The number of nitrogens with two attached hydrogens (primary N) is 1. The van der Waals surface area contributed by atoms with Crippen LogP contribution in [0.3, 0.4) is 0 Å². The van der Waals surface area contributed by atoms with Crippen molar-refractivity contribution in [3.63, 3.8) is 0 Å². The fourth-order valence-electron chi connectivity index (χ4n) is 1.83. The van der Waals surface area contributed by atoms with Gasteiger partial charge < -0.3 is 10.5 Å². The molecule has 2 aromatic rings. The second kappa shape index (κ2) is 4.77. The molecule has 1 aromatic carbocycles. The van der Waals surface area contributed by atoms with E-state index >= 15 is 0 Å². The molecule has 17 heavy (non-hydrogen) atoms. The van der Waals surface area contributed by atoms with Crippen LogP contribution in [0, 0.1) is 6.92 Å². The first-order valence-corrected chi connectivity index (χ1v) is 5.63. The summed E-state index contributed by atoms with van der Waals surface area (Å²) in [6.45, 7) is 2.35. The Hall–Kier alpha value is -1.52. The maximum atomic E-state index is 6.11. The van der Waals surface area contributed by atoms with Gasteiger partial charge in [-0.05, 0) is 24.6 Å². The highest BCUT2D eigenvalue weighted by atomic mass is 35.5. The summed E-state index contributed by atoms with van der Waals surface area (Å²) in [5.41, 5.74) is 9.47. The lowest BCUT2D eigenvalue weighted by molar-refractivity contribution is 0.415. The van der Waals surface area contributed by atoms with Crippen LogP contribution >= 0.6 is 11.6 Å². The summed E-state index contributed by atoms with van der Waals surface area (Å²) >= 11 is 6.11. The summed E-state index contributed by atoms with van der Waals surface area (Å²) in [4.78, 5) is 0. The van der Waals surface area contributed by atoms with Crippen molar-refractivity contribution in [2.75, 3.05) is 7.11 Å². The fourth-order valence-corrected chi connectivity index (χ4v) is 2.09. The van der Waals surface area contributed by atoms with Crippen LogP contribution in [-0.4, -0.2) is 17.3 Å². The first-order valence-electron chi connectivity index (χ1n) is 5.25. The second-order valence-electron chi connectivity index (χ2n) is 3.72. The van der Waals surface area contributed by atoms with Crippen LogP contribution in [0.5, 0.6) is 5.75 Å². The fraction of sp³-hybridized carbons (Fsp3) is 0.250. The molecular weight excluding hydrogens is 238 g/mol. The number of aryl methyl sites for hydroxylation is 1. The number of rotatable bonds is 3. The zero-order valence-electron chi connectivity index (χ0n) is 9.75. The van der Waals surface area contributed by atoms with E-state index in [2.05, 4.69) is 10.2 Å². The largest absolute Gasteiger partial charge is 0.495 e. The summed E-state index contributed by atoms with van der Waals surface area (Å²) in [6, 6.07) is 5.64. The maximum absolute atomic E-state index is 6.11. The van der Waals surface area contributed by atoms with Gasteiger partial charge in [0.1, 0.15) is 5.75 Å². The van der Waals surface area contributed by atoms with Crippen LogP contribution < -0.4 is 10.5 Å². The Morgan fingerprint density at radius 1 is 1.47 bits per heavy atom. The molecule has 0 saturated heterocycles. The first-order chi connectivity index (χ1) is 8.17. The van der Waals surface area contributed by atoms with Gasteiger partial charge in [-0.1, -0.05) is 17.7 Å². The number of hydrogen-bond donors (Lipinski definition) is 2. The highest BCUT2D eigenvalue weighted by molar-refractivity contribution is 6.32. The van der Waals surface area contributed by atoms with E-state index in [-0.39, 0.29) is 0 Å². The number of benzene rings is 1. The van der Waals surface area contributed by atoms with Gasteiger partial charge >= 0.3 is 0 Å². The van der Waals surface area contributed by atoms with Gasteiger partial charge in [0, 0.05) is 17.8 Å². The van der Waals surface area contributed by atoms with Crippen molar-refractivity contribution in [3.8, 4) is 16.9 Å². The normalized spacial score (nSPS) is 10.6. The number of aromatic nitrogens is 2. The molecule has 0 fully saturated rings. The SMILES string of the molecule is COc1ccc(-c2c(CN)n[nH]c2C)cc1Cl. The summed E-state index contributed by atoms with van der Waals surface area (Å²) < 4.78 is 5.12. The second-order valence-corrected chi connectivity index (χ2v) is 4.13. The number of hydrogen-bond acceptors (Lipinski definition) is 3. The van der Waals surface area contributed by atoms with Crippen molar-refractivity contribution >= 4 is 11.6 Å². The third-order valence-electron chi connectivity index (χ3n) is 2.66. The van der Waals surface area contributed by atoms with Crippen LogP contribution in [-0.2, 0) is 6.54 Å². The lowest BCUT2D eigenvalue weighted by Crippen LogP contribution is -1.98. The average molecular weight is 252 g/mol. The summed E-state index contributed by atoms with van der Waals surface area (Å²) in [5, 5.41) is 7.67. The molecule has 1 heterocycles. The number of nitrogens with zero attached hydrogens (tertiary/aromatic N) is 1. The zero-order chi connectivity index (χ0) is 12.4. The highest BCUT2D eigenvalue weighted by Crippen LogP contribution is 2.32. The average Bonchev–Trinajstić information content (AvgIpc) is 2.70. The van der Waals surface area contributed by atoms with E-state index in [0.717, 1.165) is 22.5 Å². The predicted octanol–water partition coefficient (Wildman–Crippen LogP) is 2.51. The van der Waals surface area contributed by atoms with Gasteiger partial charge in [-0.25, -0.2) is 0 Å². The Labute approximate surface area is 105 Å². The van der Waals surface area contributed by atoms with Crippen molar-refractivity contribution in [3.05, 3.63) is 34.6 Å². The number of halogens is 1. The van der Waals surface area contributed by atoms with Gasteiger partial charge in [0.25, 0.3) is 0 Å². The van der Waals surface area contributed by atoms with Crippen molar-refractivity contribution in [1.29, 1.82) is 0 Å². The quantitative estimate of drug-likeness (QED) is 0.881. The minimum atomic E-state index is 0.392. The number of ether oxygens (including phenoxy) is 1. The smallest absolute Gasteiger partial charge is 0.137 e. The third-order valence-corrected chi connectivity index (χ3v) is 2.95. The molecule has 0 bridgehead atoms. The Morgan fingerprint density at radius 2 is 2.24 bits per heavy atom. The molecule has 5 heteroatoms. The van der Waals surface area contributed by atoms with Crippen LogP contribution in [0.15, 0.2) is 18.2 Å². The van der Waals surface area contributed by atoms with E-state index in [1.165, 1.54) is 0 Å². The molecule has 0 aliphatic heterocycles. The van der Waals surface area contributed by atoms with Crippen LogP contribution in [0.25, 0.3) is 11.1 Å². The van der Waals surface area contributed by atoms with E-state index in [4.69, 9.17) is 22.1 Å². The lowest BCUT2D eigenvalue weighted by Gasteiger charge is -2.07. The minimum Gasteiger partial charge on any atom is -0.495 e. The summed E-state index contributed by atoms with van der Waals surface area (Å²) in [7, 11) is 1.59. The molecule has 4 nitrogen and oxygen atoms in total. The first kappa shape index (κ1) is 12.0. The molecule has 90 valence electrons. The lowest BCUT2D eigenvalue weighted by atomic mass is 10.0. The van der Waals surface area contributed by atoms with Gasteiger partial charge in [0.15, 0.2) is 0 Å². The van der Waals surface area contributed by atoms with Crippen molar-refractivity contribution < 1.29 is 4.74 Å². The van der Waals surface area contributed by atoms with Crippen LogP contribution in [0.4, 0.5) is 0 Å². The Kier molecular flexibility index (Phi) is 3.36. The number of H-pyrrole nitrogens is 1. The van der Waals surface area contributed by atoms with E-state index in [1.54, 1.807) is 7.11 Å². The van der Waals surface area contributed by atoms with Crippen LogP contribution in [0.2, 0.25) is 5.02 Å². The van der Waals surface area contributed by atoms with Gasteiger partial charge in [0.05, 0.1) is 17.8 Å². The summed E-state index contributed by atoms with van der Waals surface area (Å²) in [6.07, 6.45) is 0. The Bertz CT molecular complexity index is 537. The maximum Gasteiger partial charge on any atom is 0.137 e. The Balaban J connectivity index is 2.53. The zero-order valence-corrected chi connectivity index (χ0v) is 10.5. The monoisotopic (exact) mass is 251 g/mol. The molecule has 0 unspecified atom stereocenters. The number of aromatic amines is 1. The van der Waals surface area contributed by atoms with E-state index in [1.807, 2.05) is 25.1 Å². The third kappa shape index (κ3) is 2.14. The van der Waals surface area contributed by atoms with Crippen molar-refractivity contribution in [1.82, 2.24) is 10.2 Å². The Morgan fingerprint density at radius 3 is 2.82 bits per heavy atom. The van der Waals surface area contributed by atoms with E-state index in [0.29, 0.717) is 17.3 Å². The van der Waals surface area contributed by atoms with Gasteiger partial charge in [-0.15, -0.1) is 0 Å². The van der Waals surface area contributed by atoms with Crippen LogP contribution in [0.1, 0.15) is 11.4 Å². The van der Waals surface area contributed by atoms with Gasteiger partial charge in [0.2, 0.25) is 0 Å². The molecular formula is C12H14ClN3O. The minimum absolute atomic E-state index is 0.392. The predicted molar refractivity (Wildman–Crippen MR) is 68.2 cm³/mol. The number of methoxy groups -OCH3 is 1.